The van der Waals surface area contributed by atoms with Crippen LogP contribution in [0.4, 0.5) is 0 Å². The fourth-order valence-electron chi connectivity index (χ4n) is 2.08. The van der Waals surface area contributed by atoms with Gasteiger partial charge in [-0.15, -0.1) is 11.3 Å². The van der Waals surface area contributed by atoms with Crippen molar-refractivity contribution in [2.24, 2.45) is 0 Å². The second-order valence-corrected chi connectivity index (χ2v) is 5.90. The monoisotopic (exact) mass is 353 g/mol. The molecule has 2 aromatic carbocycles. The van der Waals surface area contributed by atoms with Gasteiger partial charge in [0.1, 0.15) is 16.5 Å². The Kier molecular flexibility index (Phi) is 5.06. The summed E-state index contributed by atoms with van der Waals surface area (Å²) in [6.45, 7) is 0. The fraction of sp³-hybridized carbons (Fsp3) is 0.0556. The molecular formula is C18H15N3O3S. The van der Waals surface area contributed by atoms with Gasteiger partial charge in [-0.3, -0.25) is 20.4 Å². The largest absolute Gasteiger partial charge is 0.497 e. The van der Waals surface area contributed by atoms with Gasteiger partial charge in [0.2, 0.25) is 0 Å². The summed E-state index contributed by atoms with van der Waals surface area (Å²) in [5.74, 6) is -0.109. The van der Waals surface area contributed by atoms with Gasteiger partial charge in [-0.1, -0.05) is 18.2 Å². The summed E-state index contributed by atoms with van der Waals surface area (Å²) >= 11 is 1.35. The number of ether oxygens (including phenoxy) is 1. The molecule has 0 unspecified atom stereocenters. The lowest BCUT2D eigenvalue weighted by molar-refractivity contribution is 0.0844. The third kappa shape index (κ3) is 4.02. The number of carbonyl (C=O) groups is 2. The highest BCUT2D eigenvalue weighted by Gasteiger charge is 2.13. The third-order valence-corrected chi connectivity index (χ3v) is 4.29. The molecule has 0 saturated carbocycles. The summed E-state index contributed by atoms with van der Waals surface area (Å²) in [5, 5.41) is 2.35. The first-order valence-electron chi connectivity index (χ1n) is 7.43. The molecule has 0 aliphatic carbocycles. The predicted molar refractivity (Wildman–Crippen MR) is 95.5 cm³/mol. The van der Waals surface area contributed by atoms with Gasteiger partial charge in [-0.05, 0) is 36.4 Å². The van der Waals surface area contributed by atoms with E-state index < -0.39 is 5.91 Å². The molecule has 0 bridgehead atoms. The highest BCUT2D eigenvalue weighted by atomic mass is 32.1. The maximum atomic E-state index is 12.1. The third-order valence-electron chi connectivity index (χ3n) is 3.40. The zero-order valence-corrected chi connectivity index (χ0v) is 14.2. The maximum Gasteiger partial charge on any atom is 0.289 e. The topological polar surface area (TPSA) is 80.3 Å². The minimum Gasteiger partial charge on any atom is -0.497 e. The molecule has 2 N–H and O–H groups in total. The van der Waals surface area contributed by atoms with E-state index in [1.54, 1.807) is 36.8 Å². The number of methoxy groups -OCH3 is 1. The van der Waals surface area contributed by atoms with Crippen LogP contribution in [0.25, 0.3) is 10.6 Å². The summed E-state index contributed by atoms with van der Waals surface area (Å²) < 4.78 is 5.12. The lowest BCUT2D eigenvalue weighted by atomic mass is 10.2. The van der Waals surface area contributed by atoms with Crippen molar-refractivity contribution in [3.8, 4) is 16.3 Å². The normalized spacial score (nSPS) is 10.1. The van der Waals surface area contributed by atoms with Crippen LogP contribution in [0, 0.1) is 0 Å². The van der Waals surface area contributed by atoms with Gasteiger partial charge in [0, 0.05) is 16.5 Å². The van der Waals surface area contributed by atoms with E-state index in [4.69, 9.17) is 4.74 Å². The Bertz CT molecular complexity index is 876. The number of aromatic nitrogens is 1. The predicted octanol–water partition coefficient (Wildman–Crippen LogP) is 2.89. The van der Waals surface area contributed by atoms with Crippen molar-refractivity contribution in [1.82, 2.24) is 15.8 Å². The lowest BCUT2D eigenvalue weighted by Crippen LogP contribution is -2.41. The molecule has 0 saturated heterocycles. The SMILES string of the molecule is COc1ccc(-c2nc(C(=O)NNC(=O)c3ccccc3)cs2)cc1. The van der Waals surface area contributed by atoms with Crippen molar-refractivity contribution in [1.29, 1.82) is 0 Å². The van der Waals surface area contributed by atoms with Gasteiger partial charge < -0.3 is 4.74 Å². The highest BCUT2D eigenvalue weighted by Crippen LogP contribution is 2.25. The van der Waals surface area contributed by atoms with Crippen LogP contribution >= 0.6 is 11.3 Å². The van der Waals surface area contributed by atoms with Gasteiger partial charge in [0.25, 0.3) is 11.8 Å². The summed E-state index contributed by atoms with van der Waals surface area (Å²) in [6, 6.07) is 16.0. The minimum atomic E-state index is -0.472. The first-order chi connectivity index (χ1) is 12.2. The van der Waals surface area contributed by atoms with Crippen LogP contribution in [0.1, 0.15) is 20.8 Å². The number of hydrogen-bond donors (Lipinski definition) is 2. The van der Waals surface area contributed by atoms with Gasteiger partial charge >= 0.3 is 0 Å². The number of rotatable bonds is 4. The van der Waals surface area contributed by atoms with Crippen LogP contribution < -0.4 is 15.6 Å². The number of thiazole rings is 1. The van der Waals surface area contributed by atoms with Crippen LogP contribution in [0.5, 0.6) is 5.75 Å². The number of hydrazine groups is 1. The molecule has 6 nitrogen and oxygen atoms in total. The minimum absolute atomic E-state index is 0.240. The Morgan fingerprint density at radius 2 is 1.64 bits per heavy atom. The van der Waals surface area contributed by atoms with Gasteiger partial charge in [-0.2, -0.15) is 0 Å². The molecule has 0 spiro atoms. The summed E-state index contributed by atoms with van der Waals surface area (Å²) in [4.78, 5) is 28.3. The quantitative estimate of drug-likeness (QED) is 0.707. The van der Waals surface area contributed by atoms with E-state index in [1.165, 1.54) is 11.3 Å². The van der Waals surface area contributed by atoms with E-state index in [2.05, 4.69) is 15.8 Å². The van der Waals surface area contributed by atoms with E-state index in [0.29, 0.717) is 10.6 Å². The number of carbonyl (C=O) groups excluding carboxylic acids is 2. The fourth-order valence-corrected chi connectivity index (χ4v) is 2.89. The number of benzene rings is 2. The van der Waals surface area contributed by atoms with Crippen molar-refractivity contribution in [3.63, 3.8) is 0 Å². The highest BCUT2D eigenvalue weighted by molar-refractivity contribution is 7.13. The summed E-state index contributed by atoms with van der Waals surface area (Å²) in [5.41, 5.74) is 6.32. The Hall–Kier alpha value is -3.19. The number of nitrogens with zero attached hydrogens (tertiary/aromatic N) is 1. The van der Waals surface area contributed by atoms with E-state index in [0.717, 1.165) is 11.3 Å². The number of hydrogen-bond acceptors (Lipinski definition) is 5. The van der Waals surface area contributed by atoms with Crippen molar-refractivity contribution in [2.45, 2.75) is 0 Å². The molecule has 3 rings (SSSR count). The standard InChI is InChI=1S/C18H15N3O3S/c1-24-14-9-7-13(8-10-14)18-19-15(11-25-18)17(23)21-20-16(22)12-5-3-2-4-6-12/h2-11H,1H3,(H,20,22)(H,21,23). The van der Waals surface area contributed by atoms with Crippen LogP contribution in [0.3, 0.4) is 0 Å². The smallest absolute Gasteiger partial charge is 0.289 e. The van der Waals surface area contributed by atoms with Crippen molar-refractivity contribution in [3.05, 3.63) is 71.2 Å². The molecule has 0 atom stereocenters. The van der Waals surface area contributed by atoms with Crippen molar-refractivity contribution in [2.75, 3.05) is 7.11 Å². The Balaban J connectivity index is 1.63. The molecular weight excluding hydrogens is 338 g/mol. The molecule has 0 radical (unpaired) electrons. The first kappa shape index (κ1) is 16.7. The van der Waals surface area contributed by atoms with E-state index in [-0.39, 0.29) is 11.6 Å². The van der Waals surface area contributed by atoms with Crippen LogP contribution in [-0.2, 0) is 0 Å². The Morgan fingerprint density at radius 1 is 0.960 bits per heavy atom. The summed E-state index contributed by atoms with van der Waals surface area (Å²) in [6.07, 6.45) is 0. The van der Waals surface area contributed by atoms with E-state index in [9.17, 15) is 9.59 Å². The van der Waals surface area contributed by atoms with Gasteiger partial charge in [-0.25, -0.2) is 4.98 Å². The van der Waals surface area contributed by atoms with Gasteiger partial charge in [0.05, 0.1) is 7.11 Å². The van der Waals surface area contributed by atoms with Gasteiger partial charge in [0.15, 0.2) is 0 Å². The van der Waals surface area contributed by atoms with Crippen molar-refractivity contribution >= 4 is 23.2 Å². The number of amides is 2. The molecule has 25 heavy (non-hydrogen) atoms. The van der Waals surface area contributed by atoms with Crippen LogP contribution in [0.2, 0.25) is 0 Å². The average Bonchev–Trinajstić information content (AvgIpc) is 3.17. The molecule has 0 fully saturated rings. The average molecular weight is 353 g/mol. The molecule has 126 valence electrons. The molecule has 1 aromatic heterocycles. The molecule has 0 aliphatic rings. The lowest BCUT2D eigenvalue weighted by Gasteiger charge is -2.05. The number of nitrogens with one attached hydrogen (secondary N) is 2. The Morgan fingerprint density at radius 3 is 2.32 bits per heavy atom. The van der Waals surface area contributed by atoms with Crippen molar-refractivity contribution < 1.29 is 14.3 Å². The molecule has 7 heteroatoms. The molecule has 2 amide bonds. The van der Waals surface area contributed by atoms with E-state index >= 15 is 0 Å². The molecule has 1 heterocycles. The van der Waals surface area contributed by atoms with Crippen LogP contribution in [0.15, 0.2) is 60.0 Å². The second-order valence-electron chi connectivity index (χ2n) is 5.04. The summed E-state index contributed by atoms with van der Waals surface area (Å²) in [7, 11) is 1.60. The zero-order valence-electron chi connectivity index (χ0n) is 13.4. The first-order valence-corrected chi connectivity index (χ1v) is 8.31. The van der Waals surface area contributed by atoms with Crippen LogP contribution in [-0.4, -0.2) is 23.9 Å². The maximum absolute atomic E-state index is 12.1. The second kappa shape index (κ2) is 7.59. The zero-order chi connectivity index (χ0) is 17.6. The Labute approximate surface area is 148 Å². The molecule has 0 aliphatic heterocycles. The molecule has 3 aromatic rings. The van der Waals surface area contributed by atoms with E-state index in [1.807, 2.05) is 30.3 Å².